The van der Waals surface area contributed by atoms with Crippen LogP contribution in [0.4, 0.5) is 0 Å². The Bertz CT molecular complexity index is 1720. The lowest BCUT2D eigenvalue weighted by Gasteiger charge is -2.37. The van der Waals surface area contributed by atoms with Gasteiger partial charge in [0.05, 0.1) is 5.54 Å². The Labute approximate surface area is 268 Å². The van der Waals surface area contributed by atoms with Crippen LogP contribution < -0.4 is 33.2 Å². The first-order chi connectivity index (χ1) is 21.7. The summed E-state index contributed by atoms with van der Waals surface area (Å²) in [5.41, 5.74) is 16.3. The fourth-order valence-corrected chi connectivity index (χ4v) is 5.58. The highest BCUT2D eigenvalue weighted by atomic mass is 16.2. The van der Waals surface area contributed by atoms with Crippen LogP contribution in [-0.2, 0) is 32.0 Å². The second-order valence-corrected chi connectivity index (χ2v) is 13.1. The zero-order valence-electron chi connectivity index (χ0n) is 27.0. The van der Waals surface area contributed by atoms with E-state index in [0.717, 1.165) is 32.9 Å². The van der Waals surface area contributed by atoms with Crippen LogP contribution in [0.15, 0.2) is 60.9 Å². The number of fused-ring (bicyclic) bond motifs is 2. The number of carbonyl (C=O) groups is 4. The van der Waals surface area contributed by atoms with Gasteiger partial charge in [0.25, 0.3) is 0 Å². The lowest BCUT2D eigenvalue weighted by atomic mass is 9.86. The van der Waals surface area contributed by atoms with E-state index in [-0.39, 0.29) is 12.8 Å². The lowest BCUT2D eigenvalue weighted by molar-refractivity contribution is -0.139. The zero-order chi connectivity index (χ0) is 33.7. The van der Waals surface area contributed by atoms with Crippen LogP contribution >= 0.6 is 0 Å². The number of aromatic nitrogens is 2. The summed E-state index contributed by atoms with van der Waals surface area (Å²) in [6.45, 7) is 6.75. The van der Waals surface area contributed by atoms with E-state index in [2.05, 4.69) is 25.9 Å². The summed E-state index contributed by atoms with van der Waals surface area (Å²) in [7, 11) is 0. The van der Waals surface area contributed by atoms with Crippen LogP contribution in [0.3, 0.4) is 0 Å². The highest BCUT2D eigenvalue weighted by Crippen LogP contribution is 2.27. The summed E-state index contributed by atoms with van der Waals surface area (Å²) in [4.78, 5) is 60.6. The van der Waals surface area contributed by atoms with Crippen LogP contribution in [0.1, 0.15) is 58.1 Å². The summed E-state index contributed by atoms with van der Waals surface area (Å²) in [5, 5.41) is 10.4. The molecule has 0 bridgehead atoms. The van der Waals surface area contributed by atoms with Crippen molar-refractivity contribution in [1.29, 1.82) is 0 Å². The van der Waals surface area contributed by atoms with Gasteiger partial charge in [0.2, 0.25) is 23.6 Å². The van der Waals surface area contributed by atoms with E-state index < -0.39 is 46.3 Å². The van der Waals surface area contributed by atoms with Crippen LogP contribution in [0.2, 0.25) is 0 Å². The molecule has 11 N–H and O–H groups in total. The topological polar surface area (TPSA) is 214 Å². The minimum Gasteiger partial charge on any atom is -0.368 e. The van der Waals surface area contributed by atoms with Gasteiger partial charge < -0.3 is 43.1 Å². The Kier molecular flexibility index (Phi) is 10.2. The van der Waals surface area contributed by atoms with E-state index in [4.69, 9.17) is 17.2 Å². The number of hydrogen-bond donors (Lipinski definition) is 8. The van der Waals surface area contributed by atoms with E-state index >= 15 is 0 Å². The Balaban J connectivity index is 1.73. The van der Waals surface area contributed by atoms with Crippen molar-refractivity contribution < 1.29 is 19.2 Å². The van der Waals surface area contributed by atoms with E-state index in [1.54, 1.807) is 40.1 Å². The molecule has 246 valence electrons. The van der Waals surface area contributed by atoms with Crippen LogP contribution in [-0.4, -0.2) is 62.8 Å². The number of amides is 4. The molecule has 0 fully saturated rings. The first-order valence-electron chi connectivity index (χ1n) is 15.5. The van der Waals surface area contributed by atoms with Gasteiger partial charge in [0.15, 0.2) is 0 Å². The maximum Gasteiger partial charge on any atom is 0.246 e. The summed E-state index contributed by atoms with van der Waals surface area (Å²) in [6.07, 6.45) is 5.30. The van der Waals surface area contributed by atoms with Crippen molar-refractivity contribution in [2.75, 3.05) is 6.54 Å². The van der Waals surface area contributed by atoms with Gasteiger partial charge in [-0.2, -0.15) is 0 Å². The molecule has 12 heteroatoms. The molecule has 4 aromatic rings. The number of aromatic amines is 2. The van der Waals surface area contributed by atoms with Crippen molar-refractivity contribution in [2.24, 2.45) is 17.2 Å². The molecule has 4 amide bonds. The lowest BCUT2D eigenvalue weighted by Crippen LogP contribution is -2.68. The first-order valence-corrected chi connectivity index (χ1v) is 15.5. The van der Waals surface area contributed by atoms with Gasteiger partial charge in [0, 0.05) is 47.0 Å². The summed E-state index contributed by atoms with van der Waals surface area (Å²) in [5.74, 6) is -2.43. The quantitative estimate of drug-likeness (QED) is 0.0919. The van der Waals surface area contributed by atoms with Crippen LogP contribution in [0.25, 0.3) is 21.8 Å². The second-order valence-electron chi connectivity index (χ2n) is 13.1. The number of unbranched alkanes of at least 4 members (excludes halogenated alkanes) is 1. The predicted molar refractivity (Wildman–Crippen MR) is 179 cm³/mol. The minimum atomic E-state index is -1.58. The number of nitrogens with two attached hydrogens (primary N) is 3. The van der Waals surface area contributed by atoms with Gasteiger partial charge in [-0.25, -0.2) is 0 Å². The maximum absolute atomic E-state index is 14.5. The summed E-state index contributed by atoms with van der Waals surface area (Å²) < 4.78 is 0. The van der Waals surface area contributed by atoms with E-state index in [0.29, 0.717) is 25.8 Å². The van der Waals surface area contributed by atoms with Crippen molar-refractivity contribution in [3.05, 3.63) is 72.1 Å². The maximum atomic E-state index is 14.5. The highest BCUT2D eigenvalue weighted by molar-refractivity contribution is 6.00. The number of benzene rings is 2. The normalized spacial score (nSPS) is 15.1. The fourth-order valence-electron chi connectivity index (χ4n) is 5.58. The van der Waals surface area contributed by atoms with Gasteiger partial charge in [-0.3, -0.25) is 19.2 Å². The molecule has 0 saturated heterocycles. The monoisotopic (exact) mass is 630 g/mol. The second kappa shape index (κ2) is 13.8. The third-order valence-electron chi connectivity index (χ3n) is 8.40. The SMILES string of the molecule is CC(C)(N)C(=O)N[C@](C)(Cc1c[nH]c2ccccc12)C(=O)N[C@](C)(Cc1c[nH]c2ccccc12)C(=O)N[C@@H](CCCCN)C(N)=O. The number of rotatable bonds is 15. The minimum absolute atomic E-state index is 0.0718. The molecule has 0 aliphatic carbocycles. The average Bonchev–Trinajstić information content (AvgIpc) is 3.59. The molecule has 0 unspecified atom stereocenters. The molecule has 2 heterocycles. The molecule has 3 atom stereocenters. The van der Waals surface area contributed by atoms with Gasteiger partial charge >= 0.3 is 0 Å². The van der Waals surface area contributed by atoms with Gasteiger partial charge in [-0.15, -0.1) is 0 Å². The number of H-pyrrole nitrogens is 2. The van der Waals surface area contributed by atoms with E-state index in [9.17, 15) is 19.2 Å². The van der Waals surface area contributed by atoms with Crippen molar-refractivity contribution >= 4 is 45.4 Å². The molecule has 2 aromatic heterocycles. The summed E-state index contributed by atoms with van der Waals surface area (Å²) >= 11 is 0. The smallest absolute Gasteiger partial charge is 0.246 e. The van der Waals surface area contributed by atoms with Crippen molar-refractivity contribution in [1.82, 2.24) is 25.9 Å². The van der Waals surface area contributed by atoms with Crippen molar-refractivity contribution in [3.8, 4) is 0 Å². The molecule has 0 aliphatic heterocycles. The molecular formula is C34H46N8O4. The molecule has 0 saturated carbocycles. The molecule has 0 radical (unpaired) electrons. The van der Waals surface area contributed by atoms with E-state index in [1.165, 1.54) is 0 Å². The molecular weight excluding hydrogens is 584 g/mol. The third-order valence-corrected chi connectivity index (χ3v) is 8.40. The third kappa shape index (κ3) is 7.75. The number of primary amides is 1. The summed E-state index contributed by atoms with van der Waals surface area (Å²) in [6, 6.07) is 14.3. The van der Waals surface area contributed by atoms with Crippen LogP contribution in [0, 0.1) is 0 Å². The Morgan fingerprint density at radius 1 is 0.739 bits per heavy atom. The zero-order valence-corrected chi connectivity index (χ0v) is 27.0. The first kappa shape index (κ1) is 34.2. The standard InChI is InChI=1S/C34H46N8O4/c1-32(2,37)29(44)41-34(4,18-22-20-39-26-14-8-6-12-24(22)26)31(46)42-33(3,17-21-19-38-25-13-7-5-11-23(21)25)30(45)40-27(28(36)43)15-9-10-16-35/h5-8,11-14,19-20,27,38-39H,9-10,15-18,35,37H2,1-4H3,(H2,36,43)(H,40,45)(H,41,44)(H,42,46)/t27-,33+,34+/m0/s1. The Morgan fingerprint density at radius 3 is 1.70 bits per heavy atom. The molecule has 0 spiro atoms. The predicted octanol–water partition coefficient (Wildman–Crippen LogP) is 2.02. The van der Waals surface area contributed by atoms with Crippen molar-refractivity contribution in [3.63, 3.8) is 0 Å². The highest BCUT2D eigenvalue weighted by Gasteiger charge is 2.44. The fraction of sp³-hybridized carbons (Fsp3) is 0.412. The molecule has 4 rings (SSSR count). The van der Waals surface area contributed by atoms with Crippen LogP contribution in [0.5, 0.6) is 0 Å². The number of hydrogen-bond acceptors (Lipinski definition) is 6. The van der Waals surface area contributed by atoms with Gasteiger partial charge in [-0.05, 0) is 76.8 Å². The average molecular weight is 631 g/mol. The Hall–Kier alpha value is -4.68. The van der Waals surface area contributed by atoms with E-state index in [1.807, 2.05) is 48.5 Å². The van der Waals surface area contributed by atoms with Gasteiger partial charge in [-0.1, -0.05) is 36.4 Å². The molecule has 2 aromatic carbocycles. The largest absolute Gasteiger partial charge is 0.368 e. The number of para-hydroxylation sites is 2. The number of carbonyl (C=O) groups excluding carboxylic acids is 4. The molecule has 12 nitrogen and oxygen atoms in total. The Morgan fingerprint density at radius 2 is 1.22 bits per heavy atom. The molecule has 46 heavy (non-hydrogen) atoms. The molecule has 0 aliphatic rings. The van der Waals surface area contributed by atoms with Crippen molar-refractivity contribution in [2.45, 2.75) is 82.5 Å². The van der Waals surface area contributed by atoms with Gasteiger partial charge in [0.1, 0.15) is 17.1 Å². The number of nitrogens with one attached hydrogen (secondary N) is 5.